The number of furan rings is 1. The van der Waals surface area contributed by atoms with Crippen LogP contribution in [0, 0.1) is 0 Å². The molecule has 0 aliphatic heterocycles. The minimum atomic E-state index is -0.126. The lowest BCUT2D eigenvalue weighted by Gasteiger charge is -2.18. The molecule has 0 saturated heterocycles. The number of anilines is 1. The van der Waals surface area contributed by atoms with Crippen LogP contribution < -0.4 is 10.2 Å². The maximum atomic E-state index is 12.1. The number of hydrogen-bond acceptors (Lipinski definition) is 4. The van der Waals surface area contributed by atoms with Crippen LogP contribution in [-0.4, -0.2) is 24.5 Å². The van der Waals surface area contributed by atoms with Gasteiger partial charge in [-0.15, -0.1) is 0 Å². The smallest absolute Gasteiger partial charge is 0.251 e. The molecule has 21 heavy (non-hydrogen) atoms. The number of nitrogens with zero attached hydrogens (tertiary/aromatic N) is 2. The molecule has 2 heterocycles. The first-order chi connectivity index (χ1) is 10.2. The highest BCUT2D eigenvalue weighted by Crippen LogP contribution is 2.12. The van der Waals surface area contributed by atoms with E-state index in [9.17, 15) is 4.79 Å². The van der Waals surface area contributed by atoms with Crippen LogP contribution in [0.1, 0.15) is 35.9 Å². The van der Waals surface area contributed by atoms with Gasteiger partial charge in [0.15, 0.2) is 0 Å². The van der Waals surface area contributed by atoms with Gasteiger partial charge in [0.1, 0.15) is 11.6 Å². The first-order valence-corrected chi connectivity index (χ1v) is 7.18. The summed E-state index contributed by atoms with van der Waals surface area (Å²) in [6.45, 7) is 3.47. The zero-order valence-electron chi connectivity index (χ0n) is 12.5. The van der Waals surface area contributed by atoms with E-state index in [1.807, 2.05) is 19.2 Å². The number of unbranched alkanes of at least 4 members (excludes halogenated alkanes) is 1. The third-order valence-electron chi connectivity index (χ3n) is 3.25. The Labute approximate surface area is 125 Å². The Morgan fingerprint density at radius 3 is 3.00 bits per heavy atom. The number of rotatable bonds is 7. The highest BCUT2D eigenvalue weighted by atomic mass is 16.3. The monoisotopic (exact) mass is 287 g/mol. The second-order valence-electron chi connectivity index (χ2n) is 4.94. The number of carbonyl (C=O) groups excluding carboxylic acids is 1. The van der Waals surface area contributed by atoms with E-state index in [0.29, 0.717) is 12.1 Å². The van der Waals surface area contributed by atoms with Crippen LogP contribution in [-0.2, 0) is 6.54 Å². The van der Waals surface area contributed by atoms with Crippen LogP contribution >= 0.6 is 0 Å². The topological polar surface area (TPSA) is 58.4 Å². The molecule has 2 rings (SSSR count). The molecule has 0 spiro atoms. The van der Waals surface area contributed by atoms with Gasteiger partial charge in [0.05, 0.1) is 12.8 Å². The molecular weight excluding hydrogens is 266 g/mol. The highest BCUT2D eigenvalue weighted by Gasteiger charge is 2.09. The van der Waals surface area contributed by atoms with Crippen LogP contribution in [0.15, 0.2) is 41.1 Å². The molecule has 5 nitrogen and oxygen atoms in total. The molecule has 0 aliphatic carbocycles. The van der Waals surface area contributed by atoms with E-state index < -0.39 is 0 Å². The van der Waals surface area contributed by atoms with Crippen molar-refractivity contribution >= 4 is 11.7 Å². The van der Waals surface area contributed by atoms with E-state index in [1.165, 1.54) is 0 Å². The molecule has 5 heteroatoms. The van der Waals surface area contributed by atoms with Crippen molar-refractivity contribution in [2.24, 2.45) is 0 Å². The van der Waals surface area contributed by atoms with Crippen molar-refractivity contribution < 1.29 is 9.21 Å². The van der Waals surface area contributed by atoms with Crippen LogP contribution in [0.3, 0.4) is 0 Å². The quantitative estimate of drug-likeness (QED) is 0.850. The molecule has 0 unspecified atom stereocenters. The van der Waals surface area contributed by atoms with Crippen LogP contribution in [0.5, 0.6) is 0 Å². The van der Waals surface area contributed by atoms with E-state index in [4.69, 9.17) is 4.42 Å². The molecular formula is C16H21N3O2. The zero-order valence-corrected chi connectivity index (χ0v) is 12.5. The van der Waals surface area contributed by atoms with Crippen molar-refractivity contribution in [2.75, 3.05) is 18.5 Å². The van der Waals surface area contributed by atoms with Gasteiger partial charge in [-0.3, -0.25) is 4.79 Å². The number of carbonyl (C=O) groups is 1. The molecule has 2 aromatic heterocycles. The molecule has 1 amide bonds. The van der Waals surface area contributed by atoms with Gasteiger partial charge in [0, 0.05) is 25.4 Å². The number of amides is 1. The lowest BCUT2D eigenvalue weighted by Crippen LogP contribution is -2.24. The van der Waals surface area contributed by atoms with Gasteiger partial charge in [0.2, 0.25) is 0 Å². The van der Waals surface area contributed by atoms with Gasteiger partial charge in [-0.25, -0.2) is 4.98 Å². The normalized spacial score (nSPS) is 10.4. The van der Waals surface area contributed by atoms with Crippen LogP contribution in [0.2, 0.25) is 0 Å². The summed E-state index contributed by atoms with van der Waals surface area (Å²) in [4.78, 5) is 18.5. The average molecular weight is 287 g/mol. The molecule has 0 atom stereocenters. The Bertz CT molecular complexity index is 567. The minimum Gasteiger partial charge on any atom is -0.467 e. The van der Waals surface area contributed by atoms with Crippen LogP contribution in [0.4, 0.5) is 5.82 Å². The van der Waals surface area contributed by atoms with E-state index in [1.54, 1.807) is 24.6 Å². The van der Waals surface area contributed by atoms with Crippen molar-refractivity contribution in [1.29, 1.82) is 0 Å². The molecule has 1 N–H and O–H groups in total. The Hall–Kier alpha value is -2.30. The predicted octanol–water partition coefficient (Wildman–Crippen LogP) is 2.84. The summed E-state index contributed by atoms with van der Waals surface area (Å²) in [6, 6.07) is 7.16. The van der Waals surface area contributed by atoms with E-state index in [-0.39, 0.29) is 5.91 Å². The fourth-order valence-electron chi connectivity index (χ4n) is 1.96. The second-order valence-corrected chi connectivity index (χ2v) is 4.94. The maximum absolute atomic E-state index is 12.1. The predicted molar refractivity (Wildman–Crippen MR) is 82.3 cm³/mol. The molecule has 0 aliphatic rings. The second kappa shape index (κ2) is 7.47. The first kappa shape index (κ1) is 15.1. The van der Waals surface area contributed by atoms with Gasteiger partial charge < -0.3 is 14.6 Å². The van der Waals surface area contributed by atoms with E-state index in [2.05, 4.69) is 22.1 Å². The fourth-order valence-corrected chi connectivity index (χ4v) is 1.96. The Morgan fingerprint density at radius 1 is 1.43 bits per heavy atom. The minimum absolute atomic E-state index is 0.126. The summed E-state index contributed by atoms with van der Waals surface area (Å²) >= 11 is 0. The van der Waals surface area contributed by atoms with E-state index in [0.717, 1.165) is 31.0 Å². The summed E-state index contributed by atoms with van der Waals surface area (Å²) in [5.41, 5.74) is 0.606. The number of nitrogens with one attached hydrogen (secondary N) is 1. The van der Waals surface area contributed by atoms with Crippen molar-refractivity contribution in [3.05, 3.63) is 48.0 Å². The molecule has 112 valence electrons. The van der Waals surface area contributed by atoms with Crippen molar-refractivity contribution in [3.8, 4) is 0 Å². The average Bonchev–Trinajstić information content (AvgIpc) is 3.03. The summed E-state index contributed by atoms with van der Waals surface area (Å²) in [6.07, 6.45) is 5.50. The molecule has 0 radical (unpaired) electrons. The maximum Gasteiger partial charge on any atom is 0.251 e. The Kier molecular flexibility index (Phi) is 5.37. The molecule has 0 saturated carbocycles. The number of hydrogen-bond donors (Lipinski definition) is 1. The molecule has 2 aromatic rings. The third kappa shape index (κ3) is 4.34. The van der Waals surface area contributed by atoms with Gasteiger partial charge in [-0.1, -0.05) is 13.3 Å². The summed E-state index contributed by atoms with van der Waals surface area (Å²) in [7, 11) is 1.99. The zero-order chi connectivity index (χ0) is 15.1. The van der Waals surface area contributed by atoms with Crippen LogP contribution in [0.25, 0.3) is 0 Å². The van der Waals surface area contributed by atoms with E-state index >= 15 is 0 Å². The summed E-state index contributed by atoms with van der Waals surface area (Å²) in [5, 5.41) is 2.83. The van der Waals surface area contributed by atoms with Gasteiger partial charge in [-0.05, 0) is 30.7 Å². The summed E-state index contributed by atoms with van der Waals surface area (Å²) in [5.74, 6) is 1.42. The lowest BCUT2D eigenvalue weighted by molar-refractivity contribution is 0.0948. The fraction of sp³-hybridized carbons (Fsp3) is 0.375. The lowest BCUT2D eigenvalue weighted by atomic mass is 10.2. The number of pyridine rings is 1. The van der Waals surface area contributed by atoms with Crippen molar-refractivity contribution in [2.45, 2.75) is 26.3 Å². The SMILES string of the molecule is CCCCN(C)c1cc(C(=O)NCc2ccco2)ccn1. The van der Waals surface area contributed by atoms with Crippen molar-refractivity contribution in [3.63, 3.8) is 0 Å². The third-order valence-corrected chi connectivity index (χ3v) is 3.25. The Morgan fingerprint density at radius 2 is 2.29 bits per heavy atom. The van der Waals surface area contributed by atoms with Gasteiger partial charge in [-0.2, -0.15) is 0 Å². The highest BCUT2D eigenvalue weighted by molar-refractivity contribution is 5.94. The number of aromatic nitrogens is 1. The molecule has 0 fully saturated rings. The van der Waals surface area contributed by atoms with Gasteiger partial charge >= 0.3 is 0 Å². The summed E-state index contributed by atoms with van der Waals surface area (Å²) < 4.78 is 5.19. The first-order valence-electron chi connectivity index (χ1n) is 7.18. The van der Waals surface area contributed by atoms with Gasteiger partial charge in [0.25, 0.3) is 5.91 Å². The standard InChI is InChI=1S/C16H21N3O2/c1-3-4-9-19(2)15-11-13(7-8-17-15)16(20)18-12-14-6-5-10-21-14/h5-8,10-11H,3-4,9,12H2,1-2H3,(H,18,20). The molecule has 0 bridgehead atoms. The largest absolute Gasteiger partial charge is 0.467 e. The van der Waals surface area contributed by atoms with Crippen molar-refractivity contribution in [1.82, 2.24) is 10.3 Å². The molecule has 0 aromatic carbocycles. The Balaban J connectivity index is 1.97.